The molecule has 1 aromatic rings. The number of carboxylic acid groups (broad SMARTS) is 1. The van der Waals surface area contributed by atoms with Crippen molar-refractivity contribution in [2.75, 3.05) is 13.1 Å². The van der Waals surface area contributed by atoms with Crippen molar-refractivity contribution in [2.45, 2.75) is 52.5 Å². The van der Waals surface area contributed by atoms with Gasteiger partial charge in [0.15, 0.2) is 0 Å². The quantitative estimate of drug-likeness (QED) is 0.368. The second-order valence-electron chi connectivity index (χ2n) is 8.60. The van der Waals surface area contributed by atoms with Gasteiger partial charge in [0.2, 0.25) is 5.91 Å². The van der Waals surface area contributed by atoms with Gasteiger partial charge in [0, 0.05) is 31.1 Å². The van der Waals surface area contributed by atoms with Crippen LogP contribution in [0.1, 0.15) is 62.4 Å². The first-order valence-electron chi connectivity index (χ1n) is 10.4. The summed E-state index contributed by atoms with van der Waals surface area (Å²) >= 11 is 0. The van der Waals surface area contributed by atoms with Gasteiger partial charge >= 0.3 is 5.97 Å². The van der Waals surface area contributed by atoms with Gasteiger partial charge in [0.05, 0.1) is 11.0 Å². The van der Waals surface area contributed by atoms with Gasteiger partial charge in [-0.15, -0.1) is 0 Å². The smallest absolute Gasteiger partial charge is 0.303 e. The molecule has 2 amide bonds. The molecule has 0 spiro atoms. The Labute approximate surface area is 181 Å². The van der Waals surface area contributed by atoms with Crippen molar-refractivity contribution in [1.29, 1.82) is 5.41 Å². The lowest BCUT2D eigenvalue weighted by atomic mass is 9.80. The Morgan fingerprint density at radius 1 is 1.32 bits per heavy atom. The second-order valence-corrected chi connectivity index (χ2v) is 8.60. The highest BCUT2D eigenvalue weighted by Gasteiger charge is 2.40. The predicted molar refractivity (Wildman–Crippen MR) is 114 cm³/mol. The number of rotatable bonds is 8. The van der Waals surface area contributed by atoms with Gasteiger partial charge in [-0.05, 0) is 51.2 Å². The molecule has 0 saturated carbocycles. The number of carbonyl (C=O) groups excluding carboxylic acids is 2. The number of likely N-dealkylation sites (tertiary alicyclic amines) is 1. The van der Waals surface area contributed by atoms with E-state index in [2.05, 4.69) is 5.32 Å². The number of carbonyl (C=O) groups is 3. The molecule has 9 heteroatoms. The number of hydrogen-bond acceptors (Lipinski definition) is 4. The van der Waals surface area contributed by atoms with Gasteiger partial charge < -0.3 is 21.1 Å². The number of piperidine rings is 1. The highest BCUT2D eigenvalue weighted by Crippen LogP contribution is 2.30. The number of carboxylic acids is 1. The minimum atomic E-state index is -0.931. The van der Waals surface area contributed by atoms with E-state index in [1.165, 1.54) is 12.1 Å². The van der Waals surface area contributed by atoms with E-state index in [0.717, 1.165) is 6.07 Å². The summed E-state index contributed by atoms with van der Waals surface area (Å²) in [5.41, 5.74) is 4.42. The number of nitrogens with two attached hydrogens (primary N) is 1. The molecule has 2 rings (SSSR count). The lowest BCUT2D eigenvalue weighted by molar-refractivity contribution is -0.143. The van der Waals surface area contributed by atoms with Gasteiger partial charge in [-0.1, -0.05) is 13.0 Å². The van der Waals surface area contributed by atoms with Crippen LogP contribution in [-0.2, 0) is 9.59 Å². The number of halogens is 1. The molecular formula is C22H31FN4O4. The first kappa shape index (κ1) is 24.3. The molecular weight excluding hydrogens is 403 g/mol. The summed E-state index contributed by atoms with van der Waals surface area (Å²) in [6, 6.07) is 3.18. The molecule has 0 aliphatic carbocycles. The minimum Gasteiger partial charge on any atom is -0.481 e. The molecule has 1 aromatic carbocycles. The Morgan fingerprint density at radius 3 is 2.42 bits per heavy atom. The van der Waals surface area contributed by atoms with Crippen molar-refractivity contribution in [3.05, 3.63) is 35.1 Å². The molecule has 31 heavy (non-hydrogen) atoms. The molecule has 170 valence electrons. The Bertz CT molecular complexity index is 863. The van der Waals surface area contributed by atoms with Crippen molar-refractivity contribution in [3.63, 3.8) is 0 Å². The van der Waals surface area contributed by atoms with Crippen LogP contribution in [-0.4, -0.2) is 52.8 Å². The van der Waals surface area contributed by atoms with Crippen molar-refractivity contribution in [1.82, 2.24) is 10.2 Å². The summed E-state index contributed by atoms with van der Waals surface area (Å²) in [6.07, 6.45) is 1.83. The van der Waals surface area contributed by atoms with Crippen LogP contribution in [0.2, 0.25) is 0 Å². The summed E-state index contributed by atoms with van der Waals surface area (Å²) in [5, 5.41) is 19.1. The van der Waals surface area contributed by atoms with E-state index in [0.29, 0.717) is 32.4 Å². The monoisotopic (exact) mass is 434 g/mol. The lowest BCUT2D eigenvalue weighted by Crippen LogP contribution is -2.54. The number of nitrogens with zero attached hydrogens (tertiary/aromatic N) is 1. The predicted octanol–water partition coefficient (Wildman–Crippen LogP) is 2.36. The number of nitrogen functional groups attached to an aromatic ring is 1. The number of benzene rings is 1. The van der Waals surface area contributed by atoms with Crippen LogP contribution in [0.15, 0.2) is 18.2 Å². The van der Waals surface area contributed by atoms with Crippen LogP contribution >= 0.6 is 0 Å². The van der Waals surface area contributed by atoms with E-state index in [9.17, 15) is 18.8 Å². The zero-order valence-electron chi connectivity index (χ0n) is 18.2. The Morgan fingerprint density at radius 2 is 1.94 bits per heavy atom. The summed E-state index contributed by atoms with van der Waals surface area (Å²) in [7, 11) is 0. The maximum absolute atomic E-state index is 14.4. The third-order valence-electron chi connectivity index (χ3n) is 6.03. The molecule has 1 saturated heterocycles. The van der Waals surface area contributed by atoms with Gasteiger partial charge in [-0.3, -0.25) is 19.8 Å². The molecule has 1 aliphatic rings. The fourth-order valence-electron chi connectivity index (χ4n) is 4.04. The van der Waals surface area contributed by atoms with Gasteiger partial charge in [-0.2, -0.15) is 0 Å². The van der Waals surface area contributed by atoms with Crippen LogP contribution in [0, 0.1) is 22.6 Å². The molecule has 0 unspecified atom stereocenters. The van der Waals surface area contributed by atoms with Crippen molar-refractivity contribution < 1.29 is 23.9 Å². The Kier molecular flexibility index (Phi) is 7.75. The minimum absolute atomic E-state index is 0.0623. The van der Waals surface area contributed by atoms with Crippen molar-refractivity contribution in [3.8, 4) is 0 Å². The van der Waals surface area contributed by atoms with Crippen LogP contribution in [0.5, 0.6) is 0 Å². The zero-order chi connectivity index (χ0) is 23.3. The first-order valence-corrected chi connectivity index (χ1v) is 10.4. The molecule has 5 N–H and O–H groups in total. The Balaban J connectivity index is 2.08. The largest absolute Gasteiger partial charge is 0.481 e. The number of hydrogen-bond donors (Lipinski definition) is 4. The fourth-order valence-corrected chi connectivity index (χ4v) is 4.04. The topological polar surface area (TPSA) is 137 Å². The summed E-state index contributed by atoms with van der Waals surface area (Å²) < 4.78 is 14.4. The molecule has 0 aromatic heterocycles. The molecule has 1 aliphatic heterocycles. The SMILES string of the molecule is CC[C@@H](NC(=O)c1ccc(C(=N)N)cc1F)C(C)(C)C(=O)N1CCC(CC(=O)O)CC1. The molecule has 1 heterocycles. The average molecular weight is 435 g/mol. The van der Waals surface area contributed by atoms with Gasteiger partial charge in [-0.25, -0.2) is 4.39 Å². The van der Waals surface area contributed by atoms with Crippen molar-refractivity contribution >= 4 is 23.6 Å². The third kappa shape index (κ3) is 5.80. The van der Waals surface area contributed by atoms with Crippen LogP contribution in [0.4, 0.5) is 4.39 Å². The maximum atomic E-state index is 14.4. The van der Waals surface area contributed by atoms with E-state index >= 15 is 0 Å². The van der Waals surface area contributed by atoms with Gasteiger partial charge in [0.25, 0.3) is 5.91 Å². The van der Waals surface area contributed by atoms with E-state index in [1.54, 1.807) is 18.7 Å². The summed E-state index contributed by atoms with van der Waals surface area (Å²) in [6.45, 7) is 6.30. The molecule has 8 nitrogen and oxygen atoms in total. The molecule has 1 atom stereocenters. The van der Waals surface area contributed by atoms with Crippen molar-refractivity contribution in [2.24, 2.45) is 17.1 Å². The summed E-state index contributed by atoms with van der Waals surface area (Å²) in [4.78, 5) is 38.5. The number of amides is 2. The highest BCUT2D eigenvalue weighted by molar-refractivity contribution is 5.98. The van der Waals surface area contributed by atoms with Crippen LogP contribution in [0.25, 0.3) is 0 Å². The normalized spacial score (nSPS) is 15.9. The van der Waals surface area contributed by atoms with E-state index < -0.39 is 29.2 Å². The third-order valence-corrected chi connectivity index (χ3v) is 6.03. The second kappa shape index (κ2) is 9.89. The van der Waals surface area contributed by atoms with Crippen LogP contribution in [0.3, 0.4) is 0 Å². The van der Waals surface area contributed by atoms with E-state index in [-0.39, 0.29) is 35.2 Å². The highest BCUT2D eigenvalue weighted by atomic mass is 19.1. The first-order chi connectivity index (χ1) is 14.5. The summed E-state index contributed by atoms with van der Waals surface area (Å²) in [5.74, 6) is -2.61. The number of amidine groups is 1. The number of nitrogens with one attached hydrogen (secondary N) is 2. The fraction of sp³-hybridized carbons (Fsp3) is 0.545. The maximum Gasteiger partial charge on any atom is 0.303 e. The van der Waals surface area contributed by atoms with Crippen LogP contribution < -0.4 is 11.1 Å². The average Bonchev–Trinajstić information content (AvgIpc) is 2.71. The Hall–Kier alpha value is -2.97. The lowest BCUT2D eigenvalue weighted by Gasteiger charge is -2.40. The molecule has 0 bridgehead atoms. The van der Waals surface area contributed by atoms with E-state index in [4.69, 9.17) is 16.2 Å². The number of aliphatic carboxylic acids is 1. The standard InChI is InChI=1S/C22H31FN4O4/c1-4-17(26-20(30)15-6-5-14(19(24)25)12-16(15)23)22(2,3)21(31)27-9-7-13(8-10-27)11-18(28)29/h5-6,12-13,17H,4,7-11H2,1-3H3,(H3,24,25)(H,26,30)(H,28,29)/t17-/m1/s1. The zero-order valence-corrected chi connectivity index (χ0v) is 18.2. The molecule has 0 radical (unpaired) electrons. The van der Waals surface area contributed by atoms with Gasteiger partial charge in [0.1, 0.15) is 11.7 Å². The van der Waals surface area contributed by atoms with E-state index in [1.807, 2.05) is 6.92 Å². The molecule has 1 fully saturated rings.